The summed E-state index contributed by atoms with van der Waals surface area (Å²) in [7, 11) is -2.93. The average Bonchev–Trinajstić information content (AvgIpc) is 2.51. The van der Waals surface area contributed by atoms with Crippen LogP contribution in [-0.4, -0.2) is 28.6 Å². The molecule has 0 saturated heterocycles. The molecule has 0 amide bonds. The van der Waals surface area contributed by atoms with Gasteiger partial charge in [0.1, 0.15) is 0 Å². The van der Waals surface area contributed by atoms with Gasteiger partial charge in [0.15, 0.2) is 0 Å². The molecule has 0 spiro atoms. The van der Waals surface area contributed by atoms with Crippen molar-refractivity contribution in [1.29, 1.82) is 0 Å². The van der Waals surface area contributed by atoms with E-state index in [9.17, 15) is 0 Å². The van der Waals surface area contributed by atoms with Gasteiger partial charge in [-0.05, 0) is 32.8 Å². The van der Waals surface area contributed by atoms with Crippen LogP contribution in [0.5, 0.6) is 0 Å². The van der Waals surface area contributed by atoms with Crippen LogP contribution in [0.25, 0.3) is 0 Å². The lowest BCUT2D eigenvalue weighted by molar-refractivity contribution is 0.0504. The highest BCUT2D eigenvalue weighted by Crippen LogP contribution is 2.40. The Morgan fingerprint density at radius 3 is 1.76 bits per heavy atom. The molecule has 0 aromatic heterocycles. The molecule has 0 N–H and O–H groups in total. The molecule has 0 radical (unpaired) electrons. The van der Waals surface area contributed by atoms with Gasteiger partial charge in [-0.3, -0.25) is 0 Å². The maximum Gasteiger partial charge on any atom is 0.516 e. The highest BCUT2D eigenvalue weighted by Gasteiger charge is 2.59. The van der Waals surface area contributed by atoms with E-state index >= 15 is 0 Å². The van der Waals surface area contributed by atoms with E-state index in [-0.39, 0.29) is 0 Å². The topological polar surface area (TPSA) is 27.7 Å². The van der Waals surface area contributed by atoms with Crippen molar-refractivity contribution in [1.82, 2.24) is 0 Å². The zero-order valence-corrected chi connectivity index (χ0v) is 14.7. The number of hydrogen-bond acceptors (Lipinski definition) is 3. The minimum atomic E-state index is -2.93. The maximum atomic E-state index is 6.14. The van der Waals surface area contributed by atoms with Gasteiger partial charge in [0, 0.05) is 19.8 Å². The van der Waals surface area contributed by atoms with Crippen molar-refractivity contribution in [2.75, 3.05) is 19.8 Å². The molecule has 1 rings (SSSR count). The second kappa shape index (κ2) is 8.49. The van der Waals surface area contributed by atoms with Crippen LogP contribution in [0.3, 0.4) is 0 Å². The first kappa shape index (κ1) is 18.1. The lowest BCUT2D eigenvalue weighted by Crippen LogP contribution is -2.62. The molecule has 1 aromatic carbocycles. The summed E-state index contributed by atoms with van der Waals surface area (Å²) in [6.45, 7) is 13.9. The first-order chi connectivity index (χ1) is 10.2. The summed E-state index contributed by atoms with van der Waals surface area (Å²) < 4.78 is 18.4. The van der Waals surface area contributed by atoms with Crippen LogP contribution in [0.1, 0.15) is 39.7 Å². The summed E-state index contributed by atoms with van der Waals surface area (Å²) in [6, 6.07) is 10.3. The molecule has 3 nitrogen and oxygen atoms in total. The highest BCUT2D eigenvalue weighted by atomic mass is 28.4. The molecule has 21 heavy (non-hydrogen) atoms. The van der Waals surface area contributed by atoms with Gasteiger partial charge in [-0.2, -0.15) is 0 Å². The predicted molar refractivity (Wildman–Crippen MR) is 89.2 cm³/mol. The minimum Gasteiger partial charge on any atom is -0.373 e. The number of hydrogen-bond donors (Lipinski definition) is 0. The molecule has 1 aromatic rings. The molecule has 0 bridgehead atoms. The van der Waals surface area contributed by atoms with E-state index in [0.717, 1.165) is 12.0 Å². The molecule has 118 valence electrons. The Bertz CT molecular complexity index is 404. The molecule has 0 aliphatic rings. The molecule has 0 heterocycles. The monoisotopic (exact) mass is 308 g/mol. The van der Waals surface area contributed by atoms with Gasteiger partial charge in [-0.1, -0.05) is 43.3 Å². The first-order valence-electron chi connectivity index (χ1n) is 7.77. The van der Waals surface area contributed by atoms with Crippen LogP contribution in [0.15, 0.2) is 43.0 Å². The van der Waals surface area contributed by atoms with Gasteiger partial charge in [-0.25, -0.2) is 0 Å². The highest BCUT2D eigenvalue weighted by molar-refractivity contribution is 6.65. The molecular formula is C17H28O3Si. The van der Waals surface area contributed by atoms with Crippen molar-refractivity contribution < 1.29 is 13.3 Å². The molecule has 0 saturated carbocycles. The first-order valence-corrected chi connectivity index (χ1v) is 9.49. The normalized spacial score (nSPS) is 14.7. The van der Waals surface area contributed by atoms with Crippen molar-refractivity contribution in [2.24, 2.45) is 0 Å². The zero-order valence-electron chi connectivity index (χ0n) is 13.7. The lowest BCUT2D eigenvalue weighted by Gasteiger charge is -2.43. The molecule has 0 fully saturated rings. The number of benzene rings is 1. The van der Waals surface area contributed by atoms with Gasteiger partial charge >= 0.3 is 8.80 Å². The fourth-order valence-corrected chi connectivity index (χ4v) is 6.17. The van der Waals surface area contributed by atoms with Gasteiger partial charge in [0.2, 0.25) is 0 Å². The Kier molecular flexibility index (Phi) is 7.32. The Balaban J connectivity index is 3.46. The van der Waals surface area contributed by atoms with Crippen molar-refractivity contribution >= 4 is 8.80 Å². The number of allylic oxidation sites excluding steroid dienone is 1. The SMILES string of the molecule is C=CC(CC)(c1ccccc1)[Si](OCC)(OCC)OCC. The van der Waals surface area contributed by atoms with E-state index in [4.69, 9.17) is 13.3 Å². The van der Waals surface area contributed by atoms with Crippen LogP contribution in [0, 0.1) is 0 Å². The quantitative estimate of drug-likeness (QED) is 0.481. The Labute approximate surface area is 130 Å². The van der Waals surface area contributed by atoms with Gasteiger partial charge in [0.05, 0.1) is 5.04 Å². The standard InChI is InChI=1S/C17H28O3Si/c1-6-17(7-2,16-14-12-11-13-15-16)21(18-8-3,19-9-4)20-10-5/h6,11-15H,1,7-10H2,2-5H3. The Hall–Kier alpha value is -0.943. The summed E-state index contributed by atoms with van der Waals surface area (Å²) in [6.07, 6.45) is 2.78. The third-order valence-corrected chi connectivity index (χ3v) is 7.69. The third kappa shape index (κ3) is 3.46. The zero-order chi connectivity index (χ0) is 15.8. The molecule has 0 aliphatic carbocycles. The smallest absolute Gasteiger partial charge is 0.373 e. The van der Waals surface area contributed by atoms with Crippen LogP contribution in [0.2, 0.25) is 0 Å². The van der Waals surface area contributed by atoms with Gasteiger partial charge < -0.3 is 13.3 Å². The van der Waals surface area contributed by atoms with E-state index in [1.807, 2.05) is 45.0 Å². The maximum absolute atomic E-state index is 6.14. The second-order valence-corrected chi connectivity index (χ2v) is 7.62. The summed E-state index contributed by atoms with van der Waals surface area (Å²) in [4.78, 5) is 0. The van der Waals surface area contributed by atoms with Gasteiger partial charge in [-0.15, -0.1) is 6.58 Å². The predicted octanol–water partition coefficient (Wildman–Crippen LogP) is 4.11. The van der Waals surface area contributed by atoms with E-state index < -0.39 is 13.8 Å². The van der Waals surface area contributed by atoms with Crippen LogP contribution in [-0.2, 0) is 18.3 Å². The minimum absolute atomic E-state index is 0.420. The lowest BCUT2D eigenvalue weighted by atomic mass is 9.95. The molecule has 0 aliphatic heterocycles. The van der Waals surface area contributed by atoms with Gasteiger partial charge in [0.25, 0.3) is 0 Å². The van der Waals surface area contributed by atoms with Crippen LogP contribution in [0.4, 0.5) is 0 Å². The summed E-state index contributed by atoms with van der Waals surface area (Å²) >= 11 is 0. The second-order valence-electron chi connectivity index (χ2n) is 4.75. The fraction of sp³-hybridized carbons (Fsp3) is 0.529. The van der Waals surface area contributed by atoms with E-state index in [1.54, 1.807) is 0 Å². The van der Waals surface area contributed by atoms with Crippen molar-refractivity contribution in [2.45, 2.75) is 39.2 Å². The summed E-state index contributed by atoms with van der Waals surface area (Å²) in [5.41, 5.74) is 1.14. The average molecular weight is 308 g/mol. The van der Waals surface area contributed by atoms with Crippen molar-refractivity contribution in [3.8, 4) is 0 Å². The van der Waals surface area contributed by atoms with E-state index in [1.165, 1.54) is 0 Å². The van der Waals surface area contributed by atoms with Crippen molar-refractivity contribution in [3.05, 3.63) is 48.6 Å². The summed E-state index contributed by atoms with van der Waals surface area (Å²) in [5, 5.41) is -0.420. The molecule has 4 heteroatoms. The van der Waals surface area contributed by atoms with E-state index in [0.29, 0.717) is 19.8 Å². The third-order valence-electron chi connectivity index (χ3n) is 3.74. The molecular weight excluding hydrogens is 280 g/mol. The number of rotatable bonds is 10. The largest absolute Gasteiger partial charge is 0.516 e. The Morgan fingerprint density at radius 2 is 1.43 bits per heavy atom. The molecule has 1 unspecified atom stereocenters. The van der Waals surface area contributed by atoms with E-state index in [2.05, 4.69) is 25.6 Å². The van der Waals surface area contributed by atoms with Crippen LogP contribution >= 0.6 is 0 Å². The molecule has 1 atom stereocenters. The van der Waals surface area contributed by atoms with Crippen LogP contribution < -0.4 is 0 Å². The summed E-state index contributed by atoms with van der Waals surface area (Å²) in [5.74, 6) is 0. The Morgan fingerprint density at radius 1 is 0.952 bits per heavy atom. The van der Waals surface area contributed by atoms with Crippen molar-refractivity contribution in [3.63, 3.8) is 0 Å². The fourth-order valence-electron chi connectivity index (χ4n) is 2.80.